The Hall–Kier alpha value is -3.86. The van der Waals surface area contributed by atoms with Crippen LogP contribution in [0.25, 0.3) is 0 Å². The van der Waals surface area contributed by atoms with E-state index < -0.39 is 20.0 Å². The first-order valence-corrected chi connectivity index (χ1v) is 24.8. The van der Waals surface area contributed by atoms with Crippen molar-refractivity contribution in [3.05, 3.63) is 107 Å². The summed E-state index contributed by atoms with van der Waals surface area (Å²) in [7, 11) is -6.56. The molecule has 63 heavy (non-hydrogen) atoms. The van der Waals surface area contributed by atoms with Crippen molar-refractivity contribution in [2.45, 2.75) is 50.4 Å². The zero-order valence-corrected chi connectivity index (χ0v) is 37.7. The summed E-state index contributed by atoms with van der Waals surface area (Å²) in [5, 5.41) is 0. The largest absolute Gasteiger partial charge is 1.00 e. The number of carbonyl (C=O) groups is 1. The Labute approximate surface area is 395 Å². The Morgan fingerprint density at radius 1 is 0.651 bits per heavy atom. The number of piperidine rings is 2. The number of rotatable bonds is 13. The average Bonchev–Trinajstić information content (AvgIpc) is 3.74. The van der Waals surface area contributed by atoms with Crippen LogP contribution in [0.5, 0.6) is 23.0 Å². The van der Waals surface area contributed by atoms with Gasteiger partial charge in [-0.15, -0.1) is 0 Å². The number of nitrogens with zero attached hydrogens (tertiary/aromatic N) is 2. The zero-order valence-electron chi connectivity index (χ0n) is 37.1. The fourth-order valence-electron chi connectivity index (χ4n) is 10.5. The van der Waals surface area contributed by atoms with Gasteiger partial charge in [-0.3, -0.25) is 14.2 Å². The molecule has 13 nitrogen and oxygen atoms in total. The molecular weight excluding hydrogens is 851 g/mol. The number of amides is 1. The summed E-state index contributed by atoms with van der Waals surface area (Å²) < 4.78 is 72.9. The first-order chi connectivity index (χ1) is 29.1. The van der Waals surface area contributed by atoms with Gasteiger partial charge < -0.3 is 30.2 Å². The topological polar surface area (TPSA) is 153 Å². The molecule has 332 valence electrons. The molecule has 4 aromatic carbocycles. The molecule has 4 aromatic rings. The number of sulfonamides is 2. The van der Waals surface area contributed by atoms with Crippen LogP contribution in [0.2, 0.25) is 0 Å². The summed E-state index contributed by atoms with van der Waals surface area (Å²) in [5.74, 6) is 5.51. The van der Waals surface area contributed by atoms with Gasteiger partial charge in [-0.1, -0.05) is 50.2 Å². The Morgan fingerprint density at radius 2 is 1.10 bits per heavy atom. The maximum atomic E-state index is 12.8. The van der Waals surface area contributed by atoms with Crippen LogP contribution >= 0.6 is 0 Å². The van der Waals surface area contributed by atoms with Crippen molar-refractivity contribution in [2.75, 3.05) is 68.3 Å². The minimum Gasteiger partial charge on any atom is -1.00 e. The standard InChI is InChI=1S/C23H26N2O5S.C23H28N2O4S.Al.Li.4H/c1-23(16-4-3-5-17(11-16)24-31(2,27)28)18-12-25(13-19(18)23)22(26)9-7-15-6-8-20-21(10-15)30-14-29-20;1-23(17-6-3-7-18(12-17)24-30(2,26)27)19-13-25(14-20(19)23)10-4-5-16-8-9-21-22(11-16)29-15-28-21;;;;;;/h3-6,8,10-11,18-19,24H,7,9,12-14H2,1-2H3;3,6-9,11-12,19-20,24H,4-5,10,13-15H2,1-2H3;;;;;;/q;;;+1;;;;-1. The van der Waals surface area contributed by atoms with Crippen LogP contribution in [-0.4, -0.2) is 109 Å². The van der Waals surface area contributed by atoms with Gasteiger partial charge in [0.15, 0.2) is 40.4 Å². The van der Waals surface area contributed by atoms with Gasteiger partial charge >= 0.3 is 18.9 Å². The van der Waals surface area contributed by atoms with Crippen LogP contribution < -0.4 is 47.3 Å². The van der Waals surface area contributed by atoms with Gasteiger partial charge in [-0.2, -0.15) is 0 Å². The first-order valence-electron chi connectivity index (χ1n) is 21.0. The van der Waals surface area contributed by atoms with E-state index in [4.69, 9.17) is 18.9 Å². The first kappa shape index (κ1) is 47.1. The smallest absolute Gasteiger partial charge is 1.00 e. The molecule has 2 saturated heterocycles. The molecule has 2 N–H and O–H groups in total. The number of aryl methyl sites for hydroxylation is 2. The predicted octanol–water partition coefficient (Wildman–Crippen LogP) is 1.94. The van der Waals surface area contributed by atoms with E-state index in [1.807, 2.05) is 59.5 Å². The Balaban J connectivity index is 0.000000203. The Bertz CT molecular complexity index is 2570. The van der Waals surface area contributed by atoms with Crippen molar-refractivity contribution in [3.8, 4) is 23.0 Å². The molecule has 4 aliphatic heterocycles. The van der Waals surface area contributed by atoms with E-state index in [0.717, 1.165) is 85.9 Å². The summed E-state index contributed by atoms with van der Waals surface area (Å²) >= 11 is 0. The maximum Gasteiger partial charge on any atom is 1.00 e. The Morgan fingerprint density at radius 3 is 1.57 bits per heavy atom. The van der Waals surface area contributed by atoms with Gasteiger partial charge in [0.1, 0.15) is 0 Å². The Kier molecular flexibility index (Phi) is 13.6. The summed E-state index contributed by atoms with van der Waals surface area (Å²) in [6.07, 6.45) is 5.67. The van der Waals surface area contributed by atoms with Crippen molar-refractivity contribution >= 4 is 54.7 Å². The van der Waals surface area contributed by atoms with Gasteiger partial charge in [0, 0.05) is 54.8 Å². The van der Waals surface area contributed by atoms with Crippen LogP contribution in [0, 0.1) is 23.7 Å². The summed E-state index contributed by atoms with van der Waals surface area (Å²) in [6, 6.07) is 27.6. The van der Waals surface area contributed by atoms with Crippen molar-refractivity contribution in [1.29, 1.82) is 0 Å². The van der Waals surface area contributed by atoms with Gasteiger partial charge in [0.2, 0.25) is 39.5 Å². The second-order valence-electron chi connectivity index (χ2n) is 17.9. The number of hydrogen-bond acceptors (Lipinski definition) is 10. The van der Waals surface area contributed by atoms with Gasteiger partial charge in [-0.05, 0) is 120 Å². The monoisotopic (exact) mass is 908 g/mol. The van der Waals surface area contributed by atoms with Crippen molar-refractivity contribution in [1.82, 2.24) is 9.80 Å². The summed E-state index contributed by atoms with van der Waals surface area (Å²) in [6.45, 7) is 9.96. The van der Waals surface area contributed by atoms with E-state index in [1.54, 1.807) is 6.07 Å². The quantitative estimate of drug-likeness (QED) is 0.191. The zero-order chi connectivity index (χ0) is 42.7. The molecule has 0 spiro atoms. The van der Waals surface area contributed by atoms with Crippen LogP contribution in [0.1, 0.15) is 50.4 Å². The fraction of sp³-hybridized carbons (Fsp3) is 0.457. The van der Waals surface area contributed by atoms with E-state index in [0.29, 0.717) is 54.7 Å². The molecule has 2 saturated carbocycles. The number of hydrogen-bond donors (Lipinski definition) is 2. The molecule has 4 fully saturated rings. The molecule has 10 rings (SSSR count). The number of ether oxygens (including phenoxy) is 4. The second kappa shape index (κ2) is 18.2. The summed E-state index contributed by atoms with van der Waals surface area (Å²) in [4.78, 5) is 17.3. The SMILES string of the molecule is CC1(c2cccc(NS(C)(=O)=O)c2)C2CN(C(=O)CCc3ccc4c(c3)OCO4)CC21.CC1(c2cccc(NS(C)(=O)=O)c2)C2CN(CCCc3ccc4c(c3)OCO4)CC21.[AlH3].[H-].[Li+]. The second-order valence-corrected chi connectivity index (χ2v) is 21.4. The number of nitrogens with one attached hydrogen (secondary N) is 2. The van der Waals surface area contributed by atoms with E-state index >= 15 is 0 Å². The van der Waals surface area contributed by atoms with Crippen molar-refractivity contribution in [2.24, 2.45) is 23.7 Å². The van der Waals surface area contributed by atoms with Crippen LogP contribution in [0.3, 0.4) is 0 Å². The number of fused-ring (bicyclic) bond motifs is 4. The van der Waals surface area contributed by atoms with Crippen LogP contribution in [0.15, 0.2) is 84.9 Å². The normalized spacial score (nSPS) is 25.7. The molecule has 2 aliphatic carbocycles. The fourth-order valence-corrected chi connectivity index (χ4v) is 11.6. The molecule has 17 heteroatoms. The predicted molar refractivity (Wildman–Crippen MR) is 244 cm³/mol. The molecule has 1 amide bonds. The number of benzene rings is 4. The third-order valence-electron chi connectivity index (χ3n) is 13.9. The van der Waals surface area contributed by atoms with Crippen LogP contribution in [-0.2, 0) is 48.5 Å². The molecular formula is C46H58AlLiN4O9S2. The van der Waals surface area contributed by atoms with Gasteiger partial charge in [0.25, 0.3) is 0 Å². The van der Waals surface area contributed by atoms with E-state index in [2.05, 4.69) is 52.5 Å². The minimum atomic E-state index is -3.31. The third-order valence-corrected chi connectivity index (χ3v) is 15.2. The number of carbonyl (C=O) groups excluding carboxylic acids is 1. The minimum absolute atomic E-state index is 0. The molecule has 4 heterocycles. The van der Waals surface area contributed by atoms with Crippen molar-refractivity contribution < 1.29 is 60.9 Å². The van der Waals surface area contributed by atoms with Crippen molar-refractivity contribution in [3.63, 3.8) is 0 Å². The third kappa shape index (κ3) is 10.0. The number of likely N-dealkylation sites (tertiary alicyclic amines) is 2. The molecule has 0 aromatic heterocycles. The molecule has 0 bridgehead atoms. The molecule has 0 radical (unpaired) electrons. The van der Waals surface area contributed by atoms with Gasteiger partial charge in [0.05, 0.1) is 12.5 Å². The van der Waals surface area contributed by atoms with E-state index in [1.165, 1.54) is 17.4 Å². The van der Waals surface area contributed by atoms with E-state index in [9.17, 15) is 21.6 Å². The molecule has 6 aliphatic rings. The van der Waals surface area contributed by atoms with Crippen LogP contribution in [0.4, 0.5) is 11.4 Å². The molecule has 4 unspecified atom stereocenters. The van der Waals surface area contributed by atoms with E-state index in [-0.39, 0.29) is 61.2 Å². The molecule has 4 atom stereocenters. The van der Waals surface area contributed by atoms with Gasteiger partial charge in [-0.25, -0.2) is 16.8 Å². The maximum absolute atomic E-state index is 12.8. The number of anilines is 2. The average molecular weight is 909 g/mol. The summed E-state index contributed by atoms with van der Waals surface area (Å²) in [5.41, 5.74) is 6.12.